The number of hydrogen-bond acceptors (Lipinski definition) is 2. The molecule has 0 unspecified atom stereocenters. The van der Waals surface area contributed by atoms with Crippen LogP contribution in [-0.2, 0) is 0 Å². The highest BCUT2D eigenvalue weighted by atomic mass is 16.1. The molecule has 1 aliphatic rings. The minimum atomic E-state index is 0.0318. The Labute approximate surface area is 97.3 Å². The van der Waals surface area contributed by atoms with Crippen LogP contribution in [0, 0.1) is 6.92 Å². The Kier molecular flexibility index (Phi) is 3.39. The standard InChI is InChI=1S/C14H19NO/c1-11-6-5-7-13(10-11)14(16)12(2)15-8-3-4-9-15/h5-7,10,12H,3-4,8-9H2,1-2H3/t12-/m1/s1. The molecule has 1 heterocycles. The predicted octanol–water partition coefficient (Wildman–Crippen LogP) is 2.66. The average Bonchev–Trinajstić information content (AvgIpc) is 2.80. The van der Waals surface area contributed by atoms with Crippen molar-refractivity contribution in [1.82, 2.24) is 4.90 Å². The molecule has 2 heteroatoms. The lowest BCUT2D eigenvalue weighted by molar-refractivity contribution is 0.0867. The van der Waals surface area contributed by atoms with Gasteiger partial charge in [0, 0.05) is 5.56 Å². The van der Waals surface area contributed by atoms with Gasteiger partial charge >= 0.3 is 0 Å². The molecule has 1 aromatic carbocycles. The van der Waals surface area contributed by atoms with Gasteiger partial charge in [-0.3, -0.25) is 9.69 Å². The fourth-order valence-electron chi connectivity index (χ4n) is 2.33. The van der Waals surface area contributed by atoms with Crippen molar-refractivity contribution < 1.29 is 4.79 Å². The smallest absolute Gasteiger partial charge is 0.179 e. The van der Waals surface area contributed by atoms with Gasteiger partial charge < -0.3 is 0 Å². The number of aryl methyl sites for hydroxylation is 1. The number of nitrogens with zero attached hydrogens (tertiary/aromatic N) is 1. The lowest BCUT2D eigenvalue weighted by Gasteiger charge is -2.22. The number of rotatable bonds is 3. The van der Waals surface area contributed by atoms with Gasteiger partial charge in [-0.05, 0) is 45.8 Å². The molecular weight excluding hydrogens is 198 g/mol. The van der Waals surface area contributed by atoms with Crippen LogP contribution >= 0.6 is 0 Å². The van der Waals surface area contributed by atoms with Crippen molar-refractivity contribution in [2.45, 2.75) is 32.7 Å². The summed E-state index contributed by atoms with van der Waals surface area (Å²) < 4.78 is 0. The molecule has 0 saturated carbocycles. The Morgan fingerprint density at radius 3 is 2.62 bits per heavy atom. The number of carbonyl (C=O) groups is 1. The number of likely N-dealkylation sites (tertiary alicyclic amines) is 1. The van der Waals surface area contributed by atoms with Crippen LogP contribution < -0.4 is 0 Å². The molecule has 0 spiro atoms. The van der Waals surface area contributed by atoms with E-state index in [4.69, 9.17) is 0 Å². The quantitative estimate of drug-likeness (QED) is 0.725. The first kappa shape index (κ1) is 11.3. The molecule has 0 aliphatic carbocycles. The molecular formula is C14H19NO. The van der Waals surface area contributed by atoms with Crippen LogP contribution in [0.4, 0.5) is 0 Å². The summed E-state index contributed by atoms with van der Waals surface area (Å²) in [6.07, 6.45) is 2.46. The molecule has 0 N–H and O–H groups in total. The zero-order valence-corrected chi connectivity index (χ0v) is 10.1. The second kappa shape index (κ2) is 4.79. The van der Waals surface area contributed by atoms with E-state index < -0.39 is 0 Å². The Morgan fingerprint density at radius 1 is 1.31 bits per heavy atom. The molecule has 1 fully saturated rings. The largest absolute Gasteiger partial charge is 0.294 e. The highest BCUT2D eigenvalue weighted by Crippen LogP contribution is 2.16. The minimum absolute atomic E-state index is 0.0318. The number of hydrogen-bond donors (Lipinski definition) is 0. The molecule has 1 atom stereocenters. The first-order valence-corrected chi connectivity index (χ1v) is 6.03. The predicted molar refractivity (Wildman–Crippen MR) is 65.8 cm³/mol. The highest BCUT2D eigenvalue weighted by molar-refractivity contribution is 6.00. The van der Waals surface area contributed by atoms with Gasteiger partial charge in [0.25, 0.3) is 0 Å². The van der Waals surface area contributed by atoms with Crippen LogP contribution in [0.1, 0.15) is 35.7 Å². The molecule has 2 rings (SSSR count). The monoisotopic (exact) mass is 217 g/mol. The first-order valence-electron chi connectivity index (χ1n) is 6.03. The number of benzene rings is 1. The van der Waals surface area contributed by atoms with Crippen molar-refractivity contribution in [2.75, 3.05) is 13.1 Å². The zero-order valence-electron chi connectivity index (χ0n) is 10.1. The summed E-state index contributed by atoms with van der Waals surface area (Å²) >= 11 is 0. The van der Waals surface area contributed by atoms with Crippen LogP contribution in [0.2, 0.25) is 0 Å². The molecule has 1 saturated heterocycles. The number of carbonyl (C=O) groups excluding carboxylic acids is 1. The molecule has 86 valence electrons. The number of Topliss-reactive ketones (excluding diaryl/α,β-unsaturated/α-hetero) is 1. The van der Waals surface area contributed by atoms with E-state index in [2.05, 4.69) is 4.90 Å². The maximum atomic E-state index is 12.2. The zero-order chi connectivity index (χ0) is 11.5. The van der Waals surface area contributed by atoms with Crippen molar-refractivity contribution in [3.05, 3.63) is 35.4 Å². The maximum Gasteiger partial charge on any atom is 0.179 e. The Morgan fingerprint density at radius 2 is 2.00 bits per heavy atom. The molecule has 1 aliphatic heterocycles. The summed E-state index contributed by atoms with van der Waals surface area (Å²) in [4.78, 5) is 14.5. The second-order valence-electron chi connectivity index (χ2n) is 4.65. The molecule has 1 aromatic rings. The SMILES string of the molecule is Cc1cccc(C(=O)[C@@H](C)N2CCCC2)c1. The van der Waals surface area contributed by atoms with E-state index in [9.17, 15) is 4.79 Å². The van der Waals surface area contributed by atoms with Crippen molar-refractivity contribution in [2.24, 2.45) is 0 Å². The van der Waals surface area contributed by atoms with Crippen molar-refractivity contribution in [1.29, 1.82) is 0 Å². The summed E-state index contributed by atoms with van der Waals surface area (Å²) in [5.74, 6) is 0.255. The fraction of sp³-hybridized carbons (Fsp3) is 0.500. The third-order valence-corrected chi connectivity index (χ3v) is 3.37. The van der Waals surface area contributed by atoms with Gasteiger partial charge in [0.15, 0.2) is 5.78 Å². The van der Waals surface area contributed by atoms with Crippen LogP contribution in [0.25, 0.3) is 0 Å². The third-order valence-electron chi connectivity index (χ3n) is 3.37. The topological polar surface area (TPSA) is 20.3 Å². The van der Waals surface area contributed by atoms with Crippen molar-refractivity contribution in [3.63, 3.8) is 0 Å². The average molecular weight is 217 g/mol. The summed E-state index contributed by atoms with van der Waals surface area (Å²) in [7, 11) is 0. The van der Waals surface area contributed by atoms with Crippen molar-refractivity contribution in [3.8, 4) is 0 Å². The highest BCUT2D eigenvalue weighted by Gasteiger charge is 2.24. The minimum Gasteiger partial charge on any atom is -0.294 e. The lowest BCUT2D eigenvalue weighted by atomic mass is 10.0. The van der Waals surface area contributed by atoms with Gasteiger partial charge in [-0.15, -0.1) is 0 Å². The Bertz CT molecular complexity index is 380. The van der Waals surface area contributed by atoms with Crippen molar-refractivity contribution >= 4 is 5.78 Å². The normalized spacial score (nSPS) is 18.6. The van der Waals surface area contributed by atoms with E-state index >= 15 is 0 Å². The van der Waals surface area contributed by atoms with Crippen LogP contribution in [0.5, 0.6) is 0 Å². The van der Waals surface area contributed by atoms with Gasteiger partial charge in [0.1, 0.15) is 0 Å². The molecule has 16 heavy (non-hydrogen) atoms. The van der Waals surface area contributed by atoms with Gasteiger partial charge in [-0.1, -0.05) is 23.8 Å². The summed E-state index contributed by atoms with van der Waals surface area (Å²) in [6.45, 7) is 6.19. The maximum absolute atomic E-state index is 12.2. The summed E-state index contributed by atoms with van der Waals surface area (Å²) in [5.41, 5.74) is 2.00. The molecule has 0 bridgehead atoms. The second-order valence-corrected chi connectivity index (χ2v) is 4.65. The number of ketones is 1. The van der Waals surface area contributed by atoms with E-state index in [0.29, 0.717) is 0 Å². The Hall–Kier alpha value is -1.15. The van der Waals surface area contributed by atoms with Crippen LogP contribution in [-0.4, -0.2) is 29.8 Å². The van der Waals surface area contributed by atoms with E-state index in [1.807, 2.05) is 38.1 Å². The van der Waals surface area contributed by atoms with Gasteiger partial charge in [0.05, 0.1) is 6.04 Å². The van der Waals surface area contributed by atoms with E-state index in [-0.39, 0.29) is 11.8 Å². The fourth-order valence-corrected chi connectivity index (χ4v) is 2.33. The molecule has 0 amide bonds. The van der Waals surface area contributed by atoms with E-state index in [1.165, 1.54) is 12.8 Å². The van der Waals surface area contributed by atoms with E-state index in [1.54, 1.807) is 0 Å². The van der Waals surface area contributed by atoms with Crippen LogP contribution in [0.3, 0.4) is 0 Å². The Balaban J connectivity index is 2.12. The first-order chi connectivity index (χ1) is 7.68. The summed E-state index contributed by atoms with van der Waals surface area (Å²) in [5, 5.41) is 0. The van der Waals surface area contributed by atoms with Gasteiger partial charge in [-0.25, -0.2) is 0 Å². The van der Waals surface area contributed by atoms with E-state index in [0.717, 1.165) is 24.2 Å². The summed E-state index contributed by atoms with van der Waals surface area (Å²) in [6, 6.07) is 7.91. The molecule has 0 radical (unpaired) electrons. The van der Waals surface area contributed by atoms with Gasteiger partial charge in [-0.2, -0.15) is 0 Å². The third kappa shape index (κ3) is 2.33. The molecule has 0 aromatic heterocycles. The van der Waals surface area contributed by atoms with Crippen LogP contribution in [0.15, 0.2) is 24.3 Å². The van der Waals surface area contributed by atoms with Gasteiger partial charge in [0.2, 0.25) is 0 Å². The lowest BCUT2D eigenvalue weighted by Crippen LogP contribution is -2.36. The molecule has 2 nitrogen and oxygen atoms in total.